The van der Waals surface area contributed by atoms with E-state index in [4.69, 9.17) is 4.74 Å². The van der Waals surface area contributed by atoms with Gasteiger partial charge in [-0.2, -0.15) is 0 Å². The minimum absolute atomic E-state index is 0.193. The zero-order valence-corrected chi connectivity index (χ0v) is 15.7. The second kappa shape index (κ2) is 7.53. The number of halogens is 1. The number of ether oxygens (including phenoxy) is 1. The third kappa shape index (κ3) is 5.34. The van der Waals surface area contributed by atoms with E-state index in [0.717, 1.165) is 38.0 Å². The Morgan fingerprint density at radius 2 is 2.18 bits per heavy atom. The van der Waals surface area contributed by atoms with Crippen molar-refractivity contribution < 1.29 is 9.53 Å². The van der Waals surface area contributed by atoms with Crippen LogP contribution in [0.5, 0.6) is 0 Å². The summed E-state index contributed by atoms with van der Waals surface area (Å²) in [6.45, 7) is 7.28. The molecule has 5 heteroatoms. The number of piperidine rings is 1. The monoisotopic (exact) mass is 416 g/mol. The third-order valence-electron chi connectivity index (χ3n) is 3.62. The summed E-state index contributed by atoms with van der Waals surface area (Å²) in [5.41, 5.74) is 0.656. The number of hydrogen-bond donors (Lipinski definition) is 1. The van der Waals surface area contributed by atoms with Crippen LogP contribution in [0.1, 0.15) is 40.0 Å². The first-order chi connectivity index (χ1) is 10.3. The van der Waals surface area contributed by atoms with Crippen LogP contribution in [0, 0.1) is 3.57 Å². The maximum atomic E-state index is 12.4. The van der Waals surface area contributed by atoms with E-state index in [2.05, 4.69) is 46.1 Å². The summed E-state index contributed by atoms with van der Waals surface area (Å²) in [6, 6.07) is 8.47. The zero-order chi connectivity index (χ0) is 16.2. The largest absolute Gasteiger partial charge is 0.444 e. The number of carbonyl (C=O) groups excluding carboxylic acids is 1. The van der Waals surface area contributed by atoms with Gasteiger partial charge in [0.2, 0.25) is 0 Å². The molecule has 1 aliphatic heterocycles. The van der Waals surface area contributed by atoms with Crippen LogP contribution < -0.4 is 5.32 Å². The number of anilines is 1. The summed E-state index contributed by atoms with van der Waals surface area (Å²) in [5, 5.41) is 3.45. The molecule has 122 valence electrons. The van der Waals surface area contributed by atoms with Crippen LogP contribution in [0.25, 0.3) is 0 Å². The summed E-state index contributed by atoms with van der Waals surface area (Å²) >= 11 is 2.30. The number of hydrogen-bond acceptors (Lipinski definition) is 3. The van der Waals surface area contributed by atoms with Crippen molar-refractivity contribution in [1.82, 2.24) is 4.90 Å². The Morgan fingerprint density at radius 3 is 2.86 bits per heavy atom. The lowest BCUT2D eigenvalue weighted by Gasteiger charge is -2.37. The fourth-order valence-corrected chi connectivity index (χ4v) is 3.15. The van der Waals surface area contributed by atoms with Crippen LogP contribution >= 0.6 is 22.6 Å². The molecule has 0 aliphatic carbocycles. The van der Waals surface area contributed by atoms with Gasteiger partial charge in [0.05, 0.1) is 6.04 Å². The number of benzene rings is 1. The quantitative estimate of drug-likeness (QED) is 0.739. The number of likely N-dealkylation sites (tertiary alicyclic amines) is 1. The van der Waals surface area contributed by atoms with Gasteiger partial charge in [-0.25, -0.2) is 4.79 Å². The Bertz CT molecular complexity index is 514. The first-order valence-corrected chi connectivity index (χ1v) is 8.92. The number of rotatable bonds is 3. The van der Waals surface area contributed by atoms with Crippen LogP contribution in [0.15, 0.2) is 24.3 Å². The molecule has 1 amide bonds. The third-order valence-corrected chi connectivity index (χ3v) is 4.29. The van der Waals surface area contributed by atoms with Gasteiger partial charge >= 0.3 is 6.09 Å². The van der Waals surface area contributed by atoms with E-state index in [9.17, 15) is 4.79 Å². The molecule has 2 rings (SSSR count). The molecule has 1 saturated heterocycles. The Labute approximate surface area is 146 Å². The van der Waals surface area contributed by atoms with E-state index in [1.807, 2.05) is 31.7 Å². The van der Waals surface area contributed by atoms with Gasteiger partial charge in [-0.05, 0) is 80.8 Å². The number of nitrogens with one attached hydrogen (secondary N) is 1. The Balaban J connectivity index is 1.96. The number of amides is 1. The molecule has 0 aromatic heterocycles. The molecule has 1 atom stereocenters. The first-order valence-electron chi connectivity index (χ1n) is 7.84. The van der Waals surface area contributed by atoms with E-state index in [1.54, 1.807) is 0 Å². The van der Waals surface area contributed by atoms with E-state index in [0.29, 0.717) is 0 Å². The van der Waals surface area contributed by atoms with Crippen LogP contribution in [-0.4, -0.2) is 35.7 Å². The molecule has 1 fully saturated rings. The SMILES string of the molecule is CC(C)(C)OC(=O)N1CCCCC1CNc1cccc(I)c1. The van der Waals surface area contributed by atoms with Gasteiger partial charge in [-0.3, -0.25) is 0 Å². The molecular weight excluding hydrogens is 391 g/mol. The second-order valence-electron chi connectivity index (χ2n) is 6.71. The normalized spacial score (nSPS) is 18.9. The van der Waals surface area contributed by atoms with Gasteiger partial charge in [-0.15, -0.1) is 0 Å². The van der Waals surface area contributed by atoms with Crippen LogP contribution in [0.3, 0.4) is 0 Å². The molecule has 1 unspecified atom stereocenters. The maximum absolute atomic E-state index is 12.4. The molecule has 0 bridgehead atoms. The van der Waals surface area contributed by atoms with Gasteiger partial charge in [-0.1, -0.05) is 6.07 Å². The molecule has 0 radical (unpaired) electrons. The number of nitrogens with zero attached hydrogens (tertiary/aromatic N) is 1. The summed E-state index contributed by atoms with van der Waals surface area (Å²) in [7, 11) is 0. The maximum Gasteiger partial charge on any atom is 0.410 e. The average molecular weight is 416 g/mol. The molecule has 0 spiro atoms. The van der Waals surface area contributed by atoms with Crippen molar-refractivity contribution in [3.05, 3.63) is 27.8 Å². The van der Waals surface area contributed by atoms with Crippen molar-refractivity contribution in [2.24, 2.45) is 0 Å². The fourth-order valence-electron chi connectivity index (χ4n) is 2.61. The minimum atomic E-state index is -0.442. The van der Waals surface area contributed by atoms with Gasteiger partial charge in [0, 0.05) is 22.3 Å². The lowest BCUT2D eigenvalue weighted by molar-refractivity contribution is 0.0114. The van der Waals surface area contributed by atoms with Gasteiger partial charge in [0.25, 0.3) is 0 Å². The van der Waals surface area contributed by atoms with Gasteiger partial charge in [0.15, 0.2) is 0 Å². The molecule has 1 aliphatic rings. The van der Waals surface area contributed by atoms with Crippen LogP contribution in [0.4, 0.5) is 10.5 Å². The highest BCUT2D eigenvalue weighted by molar-refractivity contribution is 14.1. The average Bonchev–Trinajstić information content (AvgIpc) is 2.44. The van der Waals surface area contributed by atoms with E-state index < -0.39 is 5.60 Å². The van der Waals surface area contributed by atoms with E-state index >= 15 is 0 Å². The predicted octanol–water partition coefficient (Wildman–Crippen LogP) is 4.49. The second-order valence-corrected chi connectivity index (χ2v) is 7.96. The molecule has 1 aromatic carbocycles. The molecule has 1 N–H and O–H groups in total. The van der Waals surface area contributed by atoms with E-state index in [-0.39, 0.29) is 12.1 Å². The highest BCUT2D eigenvalue weighted by Gasteiger charge is 2.30. The van der Waals surface area contributed by atoms with Crippen molar-refractivity contribution in [3.63, 3.8) is 0 Å². The molecule has 1 heterocycles. The molecule has 1 aromatic rings. The fraction of sp³-hybridized carbons (Fsp3) is 0.588. The first kappa shape index (κ1) is 17.4. The highest BCUT2D eigenvalue weighted by atomic mass is 127. The summed E-state index contributed by atoms with van der Waals surface area (Å²) in [6.07, 6.45) is 3.05. The smallest absolute Gasteiger partial charge is 0.410 e. The highest BCUT2D eigenvalue weighted by Crippen LogP contribution is 2.21. The Kier molecular flexibility index (Phi) is 5.94. The zero-order valence-electron chi connectivity index (χ0n) is 13.6. The van der Waals surface area contributed by atoms with Gasteiger partial charge < -0.3 is 15.0 Å². The Morgan fingerprint density at radius 1 is 1.41 bits per heavy atom. The van der Waals surface area contributed by atoms with Crippen LogP contribution in [0.2, 0.25) is 0 Å². The Hall–Kier alpha value is -0.980. The summed E-state index contributed by atoms with van der Waals surface area (Å²) < 4.78 is 6.74. The molecular formula is C17H25IN2O2. The molecule has 22 heavy (non-hydrogen) atoms. The summed E-state index contributed by atoms with van der Waals surface area (Å²) in [4.78, 5) is 14.2. The van der Waals surface area contributed by atoms with Crippen molar-refractivity contribution in [2.75, 3.05) is 18.4 Å². The minimum Gasteiger partial charge on any atom is -0.444 e. The van der Waals surface area contributed by atoms with Crippen molar-refractivity contribution >= 4 is 34.4 Å². The predicted molar refractivity (Wildman–Crippen MR) is 98.2 cm³/mol. The lowest BCUT2D eigenvalue weighted by atomic mass is 10.0. The van der Waals surface area contributed by atoms with Gasteiger partial charge in [0.1, 0.15) is 5.60 Å². The standard InChI is InChI=1S/C17H25IN2O2/c1-17(2,3)22-16(21)20-10-5-4-9-15(20)12-19-14-8-6-7-13(18)11-14/h6-8,11,15,19H,4-5,9-10,12H2,1-3H3. The van der Waals surface area contributed by atoms with E-state index in [1.165, 1.54) is 3.57 Å². The topological polar surface area (TPSA) is 41.6 Å². The van der Waals surface area contributed by atoms with Crippen molar-refractivity contribution in [2.45, 2.75) is 51.7 Å². The number of carbonyl (C=O) groups is 1. The van der Waals surface area contributed by atoms with Crippen LogP contribution in [-0.2, 0) is 4.74 Å². The molecule has 0 saturated carbocycles. The summed E-state index contributed by atoms with van der Waals surface area (Å²) in [5.74, 6) is 0. The van der Waals surface area contributed by atoms with Crippen molar-refractivity contribution in [3.8, 4) is 0 Å². The molecule has 4 nitrogen and oxygen atoms in total. The lowest BCUT2D eigenvalue weighted by Crippen LogP contribution is -2.48. The van der Waals surface area contributed by atoms with Crippen molar-refractivity contribution in [1.29, 1.82) is 0 Å².